The van der Waals surface area contributed by atoms with Crippen LogP contribution in [0.1, 0.15) is 39.3 Å². The Bertz CT molecular complexity index is 397. The van der Waals surface area contributed by atoms with Gasteiger partial charge in [-0.05, 0) is 13.8 Å². The Kier molecular flexibility index (Phi) is 4.22. The van der Waals surface area contributed by atoms with Crippen LogP contribution < -0.4 is 11.3 Å². The van der Waals surface area contributed by atoms with Crippen LogP contribution in [0.15, 0.2) is 0 Å². The van der Waals surface area contributed by atoms with E-state index >= 15 is 0 Å². The molecule has 6 heteroatoms. The molecular formula is C11H21N5O. The minimum absolute atomic E-state index is 0.201. The van der Waals surface area contributed by atoms with Crippen molar-refractivity contribution in [1.82, 2.24) is 20.2 Å². The van der Waals surface area contributed by atoms with E-state index in [1.807, 2.05) is 27.7 Å². The summed E-state index contributed by atoms with van der Waals surface area (Å²) in [4.78, 5) is 16.0. The number of carbonyl (C=O) groups excluding carboxylic acids is 1. The molecular weight excluding hydrogens is 218 g/mol. The van der Waals surface area contributed by atoms with Crippen molar-refractivity contribution in [2.75, 3.05) is 0 Å². The van der Waals surface area contributed by atoms with Crippen molar-refractivity contribution in [3.63, 3.8) is 0 Å². The Labute approximate surface area is 102 Å². The lowest BCUT2D eigenvalue weighted by molar-refractivity contribution is -0.130. The summed E-state index contributed by atoms with van der Waals surface area (Å²) in [5.41, 5.74) is 1.58. The van der Waals surface area contributed by atoms with Crippen molar-refractivity contribution in [3.8, 4) is 0 Å². The van der Waals surface area contributed by atoms with Crippen LogP contribution in [-0.4, -0.2) is 20.7 Å². The summed E-state index contributed by atoms with van der Waals surface area (Å²) in [6, 6.07) is 0. The zero-order chi connectivity index (χ0) is 13.1. The fraction of sp³-hybridized carbons (Fsp3) is 0.727. The molecule has 0 radical (unpaired) electrons. The van der Waals surface area contributed by atoms with Gasteiger partial charge in [-0.1, -0.05) is 13.8 Å². The molecule has 0 aromatic carbocycles. The minimum atomic E-state index is -0.600. The molecule has 0 spiro atoms. The van der Waals surface area contributed by atoms with Crippen LogP contribution in [0.5, 0.6) is 0 Å². The smallest absolute Gasteiger partial charge is 0.241 e. The van der Waals surface area contributed by atoms with Gasteiger partial charge < -0.3 is 0 Å². The highest BCUT2D eigenvalue weighted by molar-refractivity contribution is 5.81. The van der Waals surface area contributed by atoms with E-state index < -0.39 is 5.41 Å². The van der Waals surface area contributed by atoms with Crippen LogP contribution in [0.3, 0.4) is 0 Å². The third kappa shape index (κ3) is 3.03. The van der Waals surface area contributed by atoms with Gasteiger partial charge in [-0.2, -0.15) is 5.10 Å². The maximum absolute atomic E-state index is 11.6. The van der Waals surface area contributed by atoms with Crippen molar-refractivity contribution in [2.24, 2.45) is 11.3 Å². The van der Waals surface area contributed by atoms with Crippen LogP contribution in [0, 0.1) is 5.41 Å². The van der Waals surface area contributed by atoms with Crippen molar-refractivity contribution < 1.29 is 4.79 Å². The maximum atomic E-state index is 11.6. The van der Waals surface area contributed by atoms with E-state index in [1.54, 1.807) is 4.68 Å². The normalized spacial score (nSPS) is 11.6. The van der Waals surface area contributed by atoms with Gasteiger partial charge in [0.25, 0.3) is 0 Å². The predicted octanol–water partition coefficient (Wildman–Crippen LogP) is 0.419. The first-order valence-electron chi connectivity index (χ1n) is 5.88. The van der Waals surface area contributed by atoms with E-state index in [-0.39, 0.29) is 5.91 Å². The summed E-state index contributed by atoms with van der Waals surface area (Å²) in [5, 5.41) is 4.39. The predicted molar refractivity (Wildman–Crippen MR) is 64.9 cm³/mol. The molecule has 6 nitrogen and oxygen atoms in total. The van der Waals surface area contributed by atoms with E-state index in [4.69, 9.17) is 5.84 Å². The molecule has 1 aromatic heterocycles. The average Bonchev–Trinajstić information content (AvgIpc) is 2.69. The molecule has 3 N–H and O–H groups in total. The van der Waals surface area contributed by atoms with Gasteiger partial charge in [0.15, 0.2) is 5.82 Å². The number of aryl methyl sites for hydroxylation is 2. The number of nitrogens with zero attached hydrogens (tertiary/aromatic N) is 3. The molecule has 0 fully saturated rings. The number of hydrazine groups is 1. The fourth-order valence-corrected chi connectivity index (χ4v) is 1.61. The summed E-state index contributed by atoms with van der Waals surface area (Å²) >= 11 is 0. The number of nitrogens with one attached hydrogen (secondary N) is 1. The van der Waals surface area contributed by atoms with Gasteiger partial charge in [0.05, 0.1) is 12.0 Å². The maximum Gasteiger partial charge on any atom is 0.241 e. The first-order chi connectivity index (χ1) is 7.94. The van der Waals surface area contributed by atoms with Gasteiger partial charge >= 0.3 is 0 Å². The highest BCUT2D eigenvalue weighted by Crippen LogP contribution is 2.18. The number of amides is 1. The molecule has 1 heterocycles. The number of aromatic nitrogens is 3. The monoisotopic (exact) mass is 239 g/mol. The van der Waals surface area contributed by atoms with Gasteiger partial charge in [-0.15, -0.1) is 0 Å². The molecule has 0 unspecified atom stereocenters. The molecule has 0 atom stereocenters. The molecule has 1 aromatic rings. The highest BCUT2D eigenvalue weighted by Gasteiger charge is 2.29. The molecule has 0 aliphatic carbocycles. The number of hydrogen-bond donors (Lipinski definition) is 2. The molecule has 0 bridgehead atoms. The molecule has 17 heavy (non-hydrogen) atoms. The molecule has 0 aliphatic rings. The van der Waals surface area contributed by atoms with Crippen LogP contribution in [0.2, 0.25) is 0 Å². The Morgan fingerprint density at radius 1 is 1.41 bits per heavy atom. The van der Waals surface area contributed by atoms with E-state index in [2.05, 4.69) is 15.5 Å². The summed E-state index contributed by atoms with van der Waals surface area (Å²) in [6.45, 7) is 8.18. The van der Waals surface area contributed by atoms with Crippen LogP contribution >= 0.6 is 0 Å². The second kappa shape index (κ2) is 5.27. The Morgan fingerprint density at radius 3 is 2.53 bits per heavy atom. The summed E-state index contributed by atoms with van der Waals surface area (Å²) in [5.74, 6) is 6.68. The van der Waals surface area contributed by atoms with Crippen molar-refractivity contribution in [3.05, 3.63) is 11.6 Å². The Morgan fingerprint density at radius 2 is 2.06 bits per heavy atom. The zero-order valence-electron chi connectivity index (χ0n) is 10.9. The second-order valence-electron chi connectivity index (χ2n) is 4.67. The standard InChI is InChI=1S/C11H21N5O/c1-5-8-13-9(6-2)16(15-8)7-11(3,4)10(17)14-12/h5-7,12H2,1-4H3,(H,14,17). The van der Waals surface area contributed by atoms with E-state index in [0.717, 1.165) is 24.5 Å². The average molecular weight is 239 g/mol. The van der Waals surface area contributed by atoms with E-state index in [1.165, 1.54) is 0 Å². The van der Waals surface area contributed by atoms with Gasteiger partial charge in [-0.25, -0.2) is 15.5 Å². The molecule has 1 rings (SSSR count). The number of rotatable bonds is 5. The van der Waals surface area contributed by atoms with Gasteiger partial charge in [0.2, 0.25) is 5.91 Å². The third-order valence-corrected chi connectivity index (χ3v) is 2.72. The van der Waals surface area contributed by atoms with Gasteiger partial charge in [0.1, 0.15) is 5.82 Å². The third-order valence-electron chi connectivity index (χ3n) is 2.72. The first kappa shape index (κ1) is 13.6. The molecule has 1 amide bonds. The molecule has 0 saturated heterocycles. The topological polar surface area (TPSA) is 85.8 Å². The summed E-state index contributed by atoms with van der Waals surface area (Å²) < 4.78 is 1.80. The van der Waals surface area contributed by atoms with Crippen molar-refractivity contribution >= 4 is 5.91 Å². The Hall–Kier alpha value is -1.43. The van der Waals surface area contributed by atoms with Crippen molar-refractivity contribution in [1.29, 1.82) is 0 Å². The lowest BCUT2D eigenvalue weighted by atomic mass is 9.92. The minimum Gasteiger partial charge on any atom is -0.294 e. The largest absolute Gasteiger partial charge is 0.294 e. The number of nitrogens with two attached hydrogens (primary N) is 1. The molecule has 0 saturated carbocycles. The van der Waals surface area contributed by atoms with E-state index in [0.29, 0.717) is 6.54 Å². The zero-order valence-corrected chi connectivity index (χ0v) is 10.9. The lowest BCUT2D eigenvalue weighted by Gasteiger charge is -2.22. The second-order valence-corrected chi connectivity index (χ2v) is 4.67. The summed E-state index contributed by atoms with van der Waals surface area (Å²) in [6.07, 6.45) is 1.59. The first-order valence-corrected chi connectivity index (χ1v) is 5.88. The number of carbonyl (C=O) groups is 1. The highest BCUT2D eigenvalue weighted by atomic mass is 16.2. The molecule has 96 valence electrons. The van der Waals surface area contributed by atoms with Crippen LogP contribution in [0.4, 0.5) is 0 Å². The van der Waals surface area contributed by atoms with Gasteiger partial charge in [0, 0.05) is 12.8 Å². The Balaban J connectivity index is 2.93. The lowest BCUT2D eigenvalue weighted by Crippen LogP contribution is -2.43. The summed E-state index contributed by atoms with van der Waals surface area (Å²) in [7, 11) is 0. The molecule has 0 aliphatic heterocycles. The van der Waals surface area contributed by atoms with Crippen molar-refractivity contribution in [2.45, 2.75) is 47.1 Å². The van der Waals surface area contributed by atoms with E-state index in [9.17, 15) is 4.79 Å². The van der Waals surface area contributed by atoms with Gasteiger partial charge in [-0.3, -0.25) is 10.2 Å². The number of hydrogen-bond acceptors (Lipinski definition) is 4. The fourth-order valence-electron chi connectivity index (χ4n) is 1.61. The quantitative estimate of drug-likeness (QED) is 0.443. The van der Waals surface area contributed by atoms with Crippen LogP contribution in [-0.2, 0) is 24.2 Å². The SMILES string of the molecule is CCc1nc(CC)n(CC(C)(C)C(=O)NN)n1. The van der Waals surface area contributed by atoms with Crippen LogP contribution in [0.25, 0.3) is 0 Å².